The Morgan fingerprint density at radius 1 is 0.824 bits per heavy atom. The summed E-state index contributed by atoms with van der Waals surface area (Å²) in [6.45, 7) is 0. The molecular weight excluding hydrogens is 232 g/mol. The predicted molar refractivity (Wildman–Crippen MR) is 71.8 cm³/mol. The summed E-state index contributed by atoms with van der Waals surface area (Å²) in [7, 11) is 2.53. The molecule has 0 fully saturated rings. The van der Waals surface area contributed by atoms with E-state index in [1.807, 2.05) is 0 Å². The first-order valence-electron chi connectivity index (χ1n) is 6.64. The fraction of sp³-hybridized carbons (Fsp3) is 0.846. The van der Waals surface area contributed by atoms with E-state index in [4.69, 9.17) is 13.3 Å². The maximum atomic E-state index is 5.57. The van der Waals surface area contributed by atoms with Gasteiger partial charge in [0.15, 0.2) is 0 Å². The maximum absolute atomic E-state index is 5.57. The number of allylic oxidation sites excluding steroid dienone is 2. The van der Waals surface area contributed by atoms with Gasteiger partial charge in [0.2, 0.25) is 0 Å². The van der Waals surface area contributed by atoms with Crippen molar-refractivity contribution in [1.29, 1.82) is 0 Å². The molecule has 1 aliphatic rings. The van der Waals surface area contributed by atoms with Crippen molar-refractivity contribution in [3.63, 3.8) is 0 Å². The van der Waals surface area contributed by atoms with Crippen LogP contribution in [0.5, 0.6) is 0 Å². The summed E-state index contributed by atoms with van der Waals surface area (Å²) in [6.07, 6.45) is 12.3. The average Bonchev–Trinajstić information content (AvgIpc) is 2.39. The monoisotopic (exact) mass is 258 g/mol. The van der Waals surface area contributed by atoms with Crippen LogP contribution in [0.2, 0.25) is 0 Å². The molecule has 4 heteroatoms. The Morgan fingerprint density at radius 2 is 1.35 bits per heavy atom. The van der Waals surface area contributed by atoms with Crippen molar-refractivity contribution >= 4 is 8.80 Å². The normalized spacial score (nSPS) is 22.9. The molecule has 0 aromatic rings. The van der Waals surface area contributed by atoms with Crippen molar-refractivity contribution in [3.8, 4) is 0 Å². The van der Waals surface area contributed by atoms with Gasteiger partial charge < -0.3 is 13.3 Å². The molecule has 0 aromatic heterocycles. The van der Waals surface area contributed by atoms with Gasteiger partial charge in [-0.1, -0.05) is 31.8 Å². The van der Waals surface area contributed by atoms with Gasteiger partial charge in [-0.25, -0.2) is 0 Å². The summed E-state index contributed by atoms with van der Waals surface area (Å²) in [5.41, 5.74) is 0. The SMILES string of the molecule is CO[Si](OC)(OC)/C1=C/CCCCCCCC1. The molecule has 1 aliphatic carbocycles. The van der Waals surface area contributed by atoms with Crippen molar-refractivity contribution in [2.75, 3.05) is 21.3 Å². The standard InChI is InChI=1S/C13H26O3Si/c1-14-17(15-2,16-3)13-11-9-7-5-4-6-8-10-12-13/h11H,4-10,12H2,1-3H3/b13-11+. The van der Waals surface area contributed by atoms with Crippen LogP contribution in [0.4, 0.5) is 0 Å². The third-order valence-electron chi connectivity index (χ3n) is 3.49. The Morgan fingerprint density at radius 3 is 1.94 bits per heavy atom. The number of rotatable bonds is 4. The fourth-order valence-corrected chi connectivity index (χ4v) is 4.63. The van der Waals surface area contributed by atoms with Crippen LogP contribution in [-0.4, -0.2) is 30.1 Å². The topological polar surface area (TPSA) is 27.7 Å². The highest BCUT2D eigenvalue weighted by molar-refractivity contribution is 6.68. The van der Waals surface area contributed by atoms with E-state index in [-0.39, 0.29) is 0 Å². The lowest BCUT2D eigenvalue weighted by Crippen LogP contribution is -2.45. The molecule has 0 unspecified atom stereocenters. The fourth-order valence-electron chi connectivity index (χ4n) is 2.47. The van der Waals surface area contributed by atoms with E-state index in [9.17, 15) is 0 Å². The van der Waals surface area contributed by atoms with Gasteiger partial charge in [0.05, 0.1) is 0 Å². The molecule has 0 atom stereocenters. The van der Waals surface area contributed by atoms with Crippen molar-refractivity contribution in [1.82, 2.24) is 0 Å². The summed E-state index contributed by atoms with van der Waals surface area (Å²) in [4.78, 5) is 0. The molecule has 0 bridgehead atoms. The molecule has 0 heterocycles. The van der Waals surface area contributed by atoms with E-state index >= 15 is 0 Å². The molecule has 0 saturated carbocycles. The smallest absolute Gasteiger partial charge is 0.374 e. The average molecular weight is 258 g/mol. The van der Waals surface area contributed by atoms with E-state index in [2.05, 4.69) is 6.08 Å². The van der Waals surface area contributed by atoms with Crippen molar-refractivity contribution in [2.24, 2.45) is 0 Å². The summed E-state index contributed by atoms with van der Waals surface area (Å²) >= 11 is 0. The van der Waals surface area contributed by atoms with E-state index in [0.717, 1.165) is 12.8 Å². The molecule has 0 spiro atoms. The first kappa shape index (κ1) is 14.9. The van der Waals surface area contributed by atoms with Gasteiger partial charge >= 0.3 is 8.80 Å². The quantitative estimate of drug-likeness (QED) is 0.723. The van der Waals surface area contributed by atoms with Gasteiger partial charge in [0, 0.05) is 21.3 Å². The van der Waals surface area contributed by atoms with Crippen LogP contribution < -0.4 is 0 Å². The van der Waals surface area contributed by atoms with Crippen LogP contribution in [-0.2, 0) is 13.3 Å². The largest absolute Gasteiger partial charge is 0.531 e. The Kier molecular flexibility index (Phi) is 7.04. The van der Waals surface area contributed by atoms with Crippen LogP contribution in [0, 0.1) is 0 Å². The van der Waals surface area contributed by atoms with Crippen LogP contribution in [0.3, 0.4) is 0 Å². The van der Waals surface area contributed by atoms with E-state index < -0.39 is 8.80 Å². The molecule has 100 valence electrons. The van der Waals surface area contributed by atoms with Gasteiger partial charge in [-0.05, 0) is 30.9 Å². The zero-order chi connectivity index (χ0) is 12.6. The lowest BCUT2D eigenvalue weighted by atomic mass is 10.1. The van der Waals surface area contributed by atoms with E-state index in [1.165, 1.54) is 43.7 Å². The minimum absolute atomic E-state index is 1.06. The summed E-state index contributed by atoms with van der Waals surface area (Å²) < 4.78 is 16.7. The highest BCUT2D eigenvalue weighted by Gasteiger charge is 2.42. The van der Waals surface area contributed by atoms with Crippen molar-refractivity contribution in [3.05, 3.63) is 11.3 Å². The minimum atomic E-state index is -2.55. The molecule has 0 aromatic carbocycles. The second-order valence-corrected chi connectivity index (χ2v) is 7.54. The Hall–Kier alpha value is -0.163. The molecule has 1 rings (SSSR count). The third kappa shape index (κ3) is 4.21. The number of hydrogen-bond donors (Lipinski definition) is 0. The lowest BCUT2D eigenvalue weighted by molar-refractivity contribution is 0.133. The van der Waals surface area contributed by atoms with Crippen LogP contribution >= 0.6 is 0 Å². The zero-order valence-electron chi connectivity index (χ0n) is 11.5. The molecule has 0 saturated heterocycles. The van der Waals surface area contributed by atoms with E-state index in [1.54, 1.807) is 21.3 Å². The Bertz CT molecular complexity index is 229. The van der Waals surface area contributed by atoms with Crippen LogP contribution in [0.25, 0.3) is 0 Å². The molecule has 0 N–H and O–H groups in total. The second-order valence-electron chi connectivity index (χ2n) is 4.56. The first-order valence-corrected chi connectivity index (χ1v) is 8.36. The third-order valence-corrected chi connectivity index (χ3v) is 6.34. The molecule has 0 radical (unpaired) electrons. The van der Waals surface area contributed by atoms with Gasteiger partial charge in [-0.3, -0.25) is 0 Å². The molecule has 0 aliphatic heterocycles. The number of hydrogen-bond acceptors (Lipinski definition) is 3. The predicted octanol–water partition coefficient (Wildman–Crippen LogP) is 3.46. The Labute approximate surface area is 107 Å². The molecule has 0 amide bonds. The minimum Gasteiger partial charge on any atom is -0.374 e. The van der Waals surface area contributed by atoms with Gasteiger partial charge in [-0.15, -0.1) is 0 Å². The van der Waals surface area contributed by atoms with Crippen LogP contribution in [0.15, 0.2) is 11.3 Å². The zero-order valence-corrected chi connectivity index (χ0v) is 12.5. The molecular formula is C13H26O3Si. The Balaban J connectivity index is 2.76. The van der Waals surface area contributed by atoms with Gasteiger partial charge in [-0.2, -0.15) is 0 Å². The molecule has 3 nitrogen and oxygen atoms in total. The molecule has 17 heavy (non-hydrogen) atoms. The van der Waals surface area contributed by atoms with Crippen molar-refractivity contribution in [2.45, 2.75) is 51.4 Å². The summed E-state index contributed by atoms with van der Waals surface area (Å²) in [5.74, 6) is 0. The van der Waals surface area contributed by atoms with Crippen molar-refractivity contribution < 1.29 is 13.3 Å². The highest BCUT2D eigenvalue weighted by Crippen LogP contribution is 2.25. The maximum Gasteiger partial charge on any atom is 0.531 e. The summed E-state index contributed by atoms with van der Waals surface area (Å²) in [5, 5.41) is 1.27. The highest BCUT2D eigenvalue weighted by atomic mass is 28.4. The van der Waals surface area contributed by atoms with Crippen LogP contribution in [0.1, 0.15) is 51.4 Å². The van der Waals surface area contributed by atoms with E-state index in [0.29, 0.717) is 0 Å². The summed E-state index contributed by atoms with van der Waals surface area (Å²) in [6, 6.07) is 0. The van der Waals surface area contributed by atoms with Gasteiger partial charge in [0.1, 0.15) is 0 Å². The van der Waals surface area contributed by atoms with Gasteiger partial charge in [0.25, 0.3) is 0 Å². The second kappa shape index (κ2) is 8.03. The lowest BCUT2D eigenvalue weighted by Gasteiger charge is -2.27. The first-order chi connectivity index (χ1) is 8.29.